The van der Waals surface area contributed by atoms with Gasteiger partial charge < -0.3 is 4.74 Å². The smallest absolute Gasteiger partial charge is 0.312 e. The molecule has 0 unspecified atom stereocenters. The van der Waals surface area contributed by atoms with Gasteiger partial charge in [-0.15, -0.1) is 0 Å². The van der Waals surface area contributed by atoms with Crippen molar-refractivity contribution in [1.82, 2.24) is 0 Å². The van der Waals surface area contributed by atoms with E-state index in [1.54, 1.807) is 38.1 Å². The highest BCUT2D eigenvalue weighted by Gasteiger charge is 2.69. The molecule has 2 rings (SSSR count). The van der Waals surface area contributed by atoms with E-state index in [-0.39, 0.29) is 5.92 Å². The van der Waals surface area contributed by atoms with Crippen molar-refractivity contribution in [3.05, 3.63) is 35.9 Å². The summed E-state index contributed by atoms with van der Waals surface area (Å²) in [6, 6.07) is 8.83. The second-order valence-electron chi connectivity index (χ2n) is 4.15. The van der Waals surface area contributed by atoms with E-state index in [0.717, 1.165) is 0 Å². The van der Waals surface area contributed by atoms with Gasteiger partial charge in [-0.05, 0) is 12.5 Å². The Morgan fingerprint density at radius 3 is 2.62 bits per heavy atom. The van der Waals surface area contributed by atoms with Gasteiger partial charge in [-0.2, -0.15) is 0 Å². The van der Waals surface area contributed by atoms with Crippen LogP contribution in [0.4, 0.5) is 4.39 Å². The van der Waals surface area contributed by atoms with E-state index in [1.807, 2.05) is 6.07 Å². The summed E-state index contributed by atoms with van der Waals surface area (Å²) in [7, 11) is 0. The van der Waals surface area contributed by atoms with Crippen molar-refractivity contribution in [2.45, 2.75) is 19.5 Å². The molecule has 0 amide bonds. The number of alkyl halides is 1. The quantitative estimate of drug-likeness (QED) is 0.735. The second kappa shape index (κ2) is 3.89. The normalized spacial score (nSPS) is 32.2. The van der Waals surface area contributed by atoms with Gasteiger partial charge in [0.25, 0.3) is 0 Å². The average Bonchev–Trinajstić information content (AvgIpc) is 2.85. The molecular weight excluding hydrogens is 207 g/mol. The lowest BCUT2D eigenvalue weighted by Gasteiger charge is -2.07. The zero-order valence-corrected chi connectivity index (χ0v) is 9.44. The zero-order valence-electron chi connectivity index (χ0n) is 9.44. The van der Waals surface area contributed by atoms with Crippen LogP contribution in [0.1, 0.15) is 19.4 Å². The predicted octanol–water partition coefficient (Wildman–Crippen LogP) is 2.68. The molecule has 0 saturated heterocycles. The number of hydrogen-bond acceptors (Lipinski definition) is 2. The molecule has 0 bridgehead atoms. The molecule has 16 heavy (non-hydrogen) atoms. The van der Waals surface area contributed by atoms with Gasteiger partial charge in [0.1, 0.15) is 5.92 Å². The maximum Gasteiger partial charge on any atom is 0.312 e. The van der Waals surface area contributed by atoms with Crippen LogP contribution >= 0.6 is 0 Å². The molecule has 1 fully saturated rings. The fourth-order valence-electron chi connectivity index (χ4n) is 2.26. The van der Waals surface area contributed by atoms with Gasteiger partial charge in [0.15, 0.2) is 5.67 Å². The van der Waals surface area contributed by atoms with E-state index in [9.17, 15) is 9.18 Å². The molecule has 1 aliphatic carbocycles. The minimum Gasteiger partial charge on any atom is -0.466 e. The van der Waals surface area contributed by atoms with Crippen molar-refractivity contribution in [3.63, 3.8) is 0 Å². The summed E-state index contributed by atoms with van der Waals surface area (Å²) in [5.74, 6) is -1.37. The topological polar surface area (TPSA) is 26.3 Å². The van der Waals surface area contributed by atoms with Gasteiger partial charge in [0, 0.05) is 5.92 Å². The van der Waals surface area contributed by atoms with Crippen LogP contribution in [0.3, 0.4) is 0 Å². The fourth-order valence-corrected chi connectivity index (χ4v) is 2.26. The van der Waals surface area contributed by atoms with E-state index in [0.29, 0.717) is 12.2 Å². The molecule has 1 saturated carbocycles. The van der Waals surface area contributed by atoms with Gasteiger partial charge in [-0.3, -0.25) is 4.79 Å². The first-order valence-electron chi connectivity index (χ1n) is 5.53. The average molecular weight is 222 g/mol. The van der Waals surface area contributed by atoms with Gasteiger partial charge in [0.2, 0.25) is 0 Å². The standard InChI is InChI=1S/C13H15FO2/c1-3-16-12(15)11-9(2)13(11,14)10-7-5-4-6-8-10/h4-9,11H,3H2,1-2H3/t9-,11-,13-/m0/s1. The highest BCUT2D eigenvalue weighted by molar-refractivity contribution is 5.79. The maximum absolute atomic E-state index is 14.6. The monoisotopic (exact) mass is 222 g/mol. The number of ether oxygens (including phenoxy) is 1. The molecule has 0 aliphatic heterocycles. The molecule has 86 valence electrons. The summed E-state index contributed by atoms with van der Waals surface area (Å²) in [6.45, 7) is 3.77. The summed E-state index contributed by atoms with van der Waals surface area (Å²) in [6.07, 6.45) is 0. The highest BCUT2D eigenvalue weighted by atomic mass is 19.1. The predicted molar refractivity (Wildman–Crippen MR) is 58.5 cm³/mol. The van der Waals surface area contributed by atoms with E-state index in [1.165, 1.54) is 0 Å². The molecule has 2 nitrogen and oxygen atoms in total. The Labute approximate surface area is 94.4 Å². The minimum absolute atomic E-state index is 0.297. The maximum atomic E-state index is 14.6. The van der Waals surface area contributed by atoms with E-state index >= 15 is 0 Å². The Morgan fingerprint density at radius 1 is 1.44 bits per heavy atom. The molecular formula is C13H15FO2. The van der Waals surface area contributed by atoms with Crippen LogP contribution in [0.5, 0.6) is 0 Å². The van der Waals surface area contributed by atoms with Crippen LogP contribution in [0, 0.1) is 11.8 Å². The first-order chi connectivity index (χ1) is 7.62. The van der Waals surface area contributed by atoms with Crippen molar-refractivity contribution < 1.29 is 13.9 Å². The molecule has 0 heterocycles. The summed E-state index contributed by atoms with van der Waals surface area (Å²) >= 11 is 0. The number of halogens is 1. The third-order valence-corrected chi connectivity index (χ3v) is 3.26. The SMILES string of the molecule is CCOC(=O)[C@@H]1[C@H](C)[C@]1(F)c1ccccc1. The molecule has 0 aromatic heterocycles. The molecule has 1 aliphatic rings. The van der Waals surface area contributed by atoms with Gasteiger partial charge in [0.05, 0.1) is 6.61 Å². The number of rotatable bonds is 3. The first-order valence-corrected chi connectivity index (χ1v) is 5.53. The van der Waals surface area contributed by atoms with Crippen LogP contribution in [-0.4, -0.2) is 12.6 Å². The third kappa shape index (κ3) is 1.51. The lowest BCUT2D eigenvalue weighted by atomic mass is 10.1. The Balaban J connectivity index is 2.20. The van der Waals surface area contributed by atoms with Crippen LogP contribution in [0.2, 0.25) is 0 Å². The molecule has 0 radical (unpaired) electrons. The van der Waals surface area contributed by atoms with E-state index in [2.05, 4.69) is 0 Å². The molecule has 1 aromatic rings. The van der Waals surface area contributed by atoms with Crippen molar-refractivity contribution >= 4 is 5.97 Å². The highest BCUT2D eigenvalue weighted by Crippen LogP contribution is 2.61. The lowest BCUT2D eigenvalue weighted by molar-refractivity contribution is -0.146. The van der Waals surface area contributed by atoms with Gasteiger partial charge in [-0.25, -0.2) is 4.39 Å². The van der Waals surface area contributed by atoms with Crippen LogP contribution in [0.15, 0.2) is 30.3 Å². The van der Waals surface area contributed by atoms with Crippen molar-refractivity contribution in [2.75, 3.05) is 6.61 Å². The summed E-state index contributed by atoms with van der Waals surface area (Å²) in [4.78, 5) is 11.5. The van der Waals surface area contributed by atoms with E-state index in [4.69, 9.17) is 4.74 Å². The molecule has 3 atom stereocenters. The van der Waals surface area contributed by atoms with Crippen molar-refractivity contribution in [1.29, 1.82) is 0 Å². The Kier molecular flexibility index (Phi) is 2.70. The molecule has 3 heteroatoms. The largest absolute Gasteiger partial charge is 0.466 e. The Morgan fingerprint density at radius 2 is 2.06 bits per heavy atom. The first kappa shape index (κ1) is 11.1. The minimum atomic E-state index is -1.53. The summed E-state index contributed by atoms with van der Waals surface area (Å²) < 4.78 is 19.4. The molecule has 1 aromatic carbocycles. The zero-order chi connectivity index (χ0) is 11.8. The number of carbonyl (C=O) groups excluding carboxylic acids is 1. The second-order valence-corrected chi connectivity index (χ2v) is 4.15. The molecule has 0 spiro atoms. The Bertz CT molecular complexity index is 390. The van der Waals surface area contributed by atoms with Crippen LogP contribution < -0.4 is 0 Å². The number of carbonyl (C=O) groups is 1. The lowest BCUT2D eigenvalue weighted by Crippen LogP contribution is -2.13. The number of esters is 1. The fraction of sp³-hybridized carbons (Fsp3) is 0.462. The number of hydrogen-bond donors (Lipinski definition) is 0. The van der Waals surface area contributed by atoms with Crippen molar-refractivity contribution in [2.24, 2.45) is 11.8 Å². The van der Waals surface area contributed by atoms with E-state index < -0.39 is 17.6 Å². The van der Waals surface area contributed by atoms with Crippen LogP contribution in [0.25, 0.3) is 0 Å². The van der Waals surface area contributed by atoms with Crippen molar-refractivity contribution in [3.8, 4) is 0 Å². The summed E-state index contributed by atoms with van der Waals surface area (Å²) in [5.41, 5.74) is -0.964. The molecule has 0 N–H and O–H groups in total. The summed E-state index contributed by atoms with van der Waals surface area (Å²) in [5, 5.41) is 0. The number of benzene rings is 1. The Hall–Kier alpha value is -1.38. The third-order valence-electron chi connectivity index (χ3n) is 3.26. The van der Waals surface area contributed by atoms with Crippen LogP contribution in [-0.2, 0) is 15.2 Å². The van der Waals surface area contributed by atoms with Gasteiger partial charge in [-0.1, -0.05) is 37.3 Å². The van der Waals surface area contributed by atoms with Gasteiger partial charge >= 0.3 is 5.97 Å².